The van der Waals surface area contributed by atoms with Gasteiger partial charge in [-0.2, -0.15) is 0 Å². The topological polar surface area (TPSA) is 52.0 Å². The summed E-state index contributed by atoms with van der Waals surface area (Å²) in [6, 6.07) is 3.88. The summed E-state index contributed by atoms with van der Waals surface area (Å²) in [4.78, 5) is 29.8. The Kier molecular flexibility index (Phi) is 4.84. The Balaban J connectivity index is 2.00. The molecule has 4 nitrogen and oxygen atoms in total. The van der Waals surface area contributed by atoms with Crippen LogP contribution in [0.5, 0.6) is 0 Å². The van der Waals surface area contributed by atoms with Gasteiger partial charge in [-0.3, -0.25) is 14.2 Å². The standard InChI is InChI=1S/C19H20N2O2S2/c1-10-8-11(2)16(13(4)22)12(3)15(10)9-25-19-20-17-14(6-7-24-17)18(23)21(19)5/h6-8H,9H2,1-5H3. The number of thioether (sulfide) groups is 1. The summed E-state index contributed by atoms with van der Waals surface area (Å²) in [5.74, 6) is 0.766. The van der Waals surface area contributed by atoms with E-state index < -0.39 is 0 Å². The van der Waals surface area contributed by atoms with E-state index in [2.05, 4.69) is 18.0 Å². The second-order valence-electron chi connectivity index (χ2n) is 6.23. The van der Waals surface area contributed by atoms with Crippen molar-refractivity contribution in [3.8, 4) is 0 Å². The molecule has 2 heterocycles. The molecule has 0 N–H and O–H groups in total. The van der Waals surface area contributed by atoms with E-state index in [1.165, 1.54) is 23.1 Å². The van der Waals surface area contributed by atoms with E-state index in [0.717, 1.165) is 32.6 Å². The van der Waals surface area contributed by atoms with Crippen LogP contribution in [0.3, 0.4) is 0 Å². The largest absolute Gasteiger partial charge is 0.294 e. The highest BCUT2D eigenvalue weighted by Gasteiger charge is 2.16. The first-order chi connectivity index (χ1) is 11.8. The molecule has 0 saturated heterocycles. The molecule has 1 aromatic carbocycles. The molecule has 0 spiro atoms. The Morgan fingerprint density at radius 2 is 2.00 bits per heavy atom. The minimum atomic E-state index is -0.0180. The summed E-state index contributed by atoms with van der Waals surface area (Å²) in [6.45, 7) is 7.65. The first-order valence-electron chi connectivity index (χ1n) is 7.99. The number of thiophene rings is 1. The van der Waals surface area contributed by atoms with E-state index in [4.69, 9.17) is 0 Å². The zero-order chi connectivity index (χ0) is 18.3. The fraction of sp³-hybridized carbons (Fsp3) is 0.316. The summed E-state index contributed by atoms with van der Waals surface area (Å²) in [6.07, 6.45) is 0. The molecule has 0 aliphatic carbocycles. The van der Waals surface area contributed by atoms with Gasteiger partial charge in [-0.1, -0.05) is 17.8 Å². The molecule has 3 aromatic rings. The average molecular weight is 373 g/mol. The summed E-state index contributed by atoms with van der Waals surface area (Å²) >= 11 is 3.01. The molecule has 0 unspecified atom stereocenters. The highest BCUT2D eigenvalue weighted by Crippen LogP contribution is 2.29. The van der Waals surface area contributed by atoms with Gasteiger partial charge in [0.05, 0.1) is 5.39 Å². The normalized spacial score (nSPS) is 11.2. The van der Waals surface area contributed by atoms with Crippen LogP contribution in [0, 0.1) is 20.8 Å². The van der Waals surface area contributed by atoms with Crippen LogP contribution in [0.1, 0.15) is 39.5 Å². The molecule has 0 atom stereocenters. The molecule has 6 heteroatoms. The molecule has 3 rings (SSSR count). The van der Waals surface area contributed by atoms with Crippen molar-refractivity contribution >= 4 is 39.1 Å². The number of rotatable bonds is 4. The summed E-state index contributed by atoms with van der Waals surface area (Å²) < 4.78 is 1.60. The molecular weight excluding hydrogens is 352 g/mol. The lowest BCUT2D eigenvalue weighted by Gasteiger charge is -2.16. The third kappa shape index (κ3) is 3.16. The van der Waals surface area contributed by atoms with E-state index in [9.17, 15) is 9.59 Å². The van der Waals surface area contributed by atoms with Crippen molar-refractivity contribution in [3.05, 3.63) is 55.7 Å². The number of benzene rings is 1. The first kappa shape index (κ1) is 17.9. The lowest BCUT2D eigenvalue weighted by Crippen LogP contribution is -2.19. The van der Waals surface area contributed by atoms with E-state index >= 15 is 0 Å². The lowest BCUT2D eigenvalue weighted by atomic mass is 9.92. The maximum absolute atomic E-state index is 12.4. The molecule has 0 aliphatic heterocycles. The third-order valence-electron chi connectivity index (χ3n) is 4.49. The summed E-state index contributed by atoms with van der Waals surface area (Å²) in [5.41, 5.74) is 5.13. The number of Topliss-reactive ketones (excluding diaryl/α,β-unsaturated/α-hetero) is 1. The molecule has 2 aromatic heterocycles. The van der Waals surface area contributed by atoms with Gasteiger partial charge in [0.25, 0.3) is 5.56 Å². The highest BCUT2D eigenvalue weighted by molar-refractivity contribution is 7.98. The zero-order valence-electron chi connectivity index (χ0n) is 15.0. The Labute approximate surface area is 154 Å². The zero-order valence-corrected chi connectivity index (χ0v) is 16.6. The van der Waals surface area contributed by atoms with Crippen LogP contribution in [0.25, 0.3) is 10.2 Å². The van der Waals surface area contributed by atoms with Crippen molar-refractivity contribution in [2.45, 2.75) is 38.6 Å². The highest BCUT2D eigenvalue weighted by atomic mass is 32.2. The molecule has 0 fully saturated rings. The fourth-order valence-electron chi connectivity index (χ4n) is 3.24. The van der Waals surface area contributed by atoms with Gasteiger partial charge in [-0.05, 0) is 61.4 Å². The number of fused-ring (bicyclic) bond motifs is 1. The monoisotopic (exact) mass is 372 g/mol. The Morgan fingerprint density at radius 3 is 2.68 bits per heavy atom. The lowest BCUT2D eigenvalue weighted by molar-refractivity contribution is 0.101. The van der Waals surface area contributed by atoms with Gasteiger partial charge in [-0.15, -0.1) is 11.3 Å². The van der Waals surface area contributed by atoms with Crippen LogP contribution < -0.4 is 5.56 Å². The fourth-order valence-corrected chi connectivity index (χ4v) is 5.20. The van der Waals surface area contributed by atoms with E-state index in [-0.39, 0.29) is 11.3 Å². The maximum atomic E-state index is 12.4. The van der Waals surface area contributed by atoms with Crippen LogP contribution in [-0.2, 0) is 12.8 Å². The van der Waals surface area contributed by atoms with Crippen molar-refractivity contribution in [2.75, 3.05) is 0 Å². The smallest absolute Gasteiger partial charge is 0.262 e. The SMILES string of the molecule is CC(=O)c1c(C)cc(C)c(CSc2nc3sccc3c(=O)n2C)c1C. The predicted molar refractivity (Wildman–Crippen MR) is 105 cm³/mol. The number of carbonyl (C=O) groups is 1. The van der Waals surface area contributed by atoms with E-state index in [1.807, 2.05) is 25.3 Å². The van der Waals surface area contributed by atoms with E-state index in [0.29, 0.717) is 16.3 Å². The predicted octanol–water partition coefficient (Wildman–Crippen LogP) is 4.42. The van der Waals surface area contributed by atoms with Gasteiger partial charge in [0, 0.05) is 18.4 Å². The molecule has 0 saturated carbocycles. The number of aryl methyl sites for hydroxylation is 2. The molecule has 130 valence electrons. The number of nitrogens with zero attached hydrogens (tertiary/aromatic N) is 2. The van der Waals surface area contributed by atoms with Crippen molar-refractivity contribution < 1.29 is 4.79 Å². The van der Waals surface area contributed by atoms with Gasteiger partial charge in [0.15, 0.2) is 10.9 Å². The molecule has 0 bridgehead atoms. The minimum Gasteiger partial charge on any atom is -0.294 e. The van der Waals surface area contributed by atoms with Crippen molar-refractivity contribution in [1.29, 1.82) is 0 Å². The number of carbonyl (C=O) groups excluding carboxylic acids is 1. The Bertz CT molecular complexity index is 1050. The molecule has 25 heavy (non-hydrogen) atoms. The van der Waals surface area contributed by atoms with Gasteiger partial charge in [0.2, 0.25) is 0 Å². The molecule has 0 radical (unpaired) electrons. The van der Waals surface area contributed by atoms with Crippen LogP contribution in [-0.4, -0.2) is 15.3 Å². The summed E-state index contributed by atoms with van der Waals surface area (Å²) in [5, 5.41) is 3.25. The maximum Gasteiger partial charge on any atom is 0.262 e. The number of ketones is 1. The van der Waals surface area contributed by atoms with Crippen LogP contribution in [0.15, 0.2) is 27.5 Å². The molecule has 0 aliphatic rings. The van der Waals surface area contributed by atoms with Gasteiger partial charge < -0.3 is 0 Å². The van der Waals surface area contributed by atoms with Crippen molar-refractivity contribution in [3.63, 3.8) is 0 Å². The van der Waals surface area contributed by atoms with Gasteiger partial charge in [-0.25, -0.2) is 4.98 Å². The Morgan fingerprint density at radius 1 is 1.28 bits per heavy atom. The number of hydrogen-bond donors (Lipinski definition) is 0. The number of hydrogen-bond acceptors (Lipinski definition) is 5. The van der Waals surface area contributed by atoms with Crippen molar-refractivity contribution in [1.82, 2.24) is 9.55 Å². The van der Waals surface area contributed by atoms with Crippen LogP contribution in [0.4, 0.5) is 0 Å². The van der Waals surface area contributed by atoms with Crippen LogP contribution in [0.2, 0.25) is 0 Å². The summed E-state index contributed by atoms with van der Waals surface area (Å²) in [7, 11) is 1.75. The molecular formula is C19H20N2O2S2. The van der Waals surface area contributed by atoms with Gasteiger partial charge in [0.1, 0.15) is 4.83 Å². The van der Waals surface area contributed by atoms with Crippen molar-refractivity contribution in [2.24, 2.45) is 7.05 Å². The van der Waals surface area contributed by atoms with Gasteiger partial charge >= 0.3 is 0 Å². The second-order valence-corrected chi connectivity index (χ2v) is 8.07. The quantitative estimate of drug-likeness (QED) is 0.387. The molecule has 0 amide bonds. The average Bonchev–Trinajstić information content (AvgIpc) is 2.99. The van der Waals surface area contributed by atoms with E-state index in [1.54, 1.807) is 18.5 Å². The third-order valence-corrected chi connectivity index (χ3v) is 6.36. The number of aromatic nitrogens is 2. The first-order valence-corrected chi connectivity index (χ1v) is 9.85. The minimum absolute atomic E-state index is 0.0180. The Hall–Kier alpha value is -1.92. The van der Waals surface area contributed by atoms with Crippen LogP contribution >= 0.6 is 23.1 Å². The second kappa shape index (κ2) is 6.77.